The lowest BCUT2D eigenvalue weighted by atomic mass is 9.98. The summed E-state index contributed by atoms with van der Waals surface area (Å²) < 4.78 is 28.5. The van der Waals surface area contributed by atoms with Crippen LogP contribution >= 0.6 is 0 Å². The highest BCUT2D eigenvalue weighted by molar-refractivity contribution is 5.74. The van der Waals surface area contributed by atoms with Gasteiger partial charge in [-0.25, -0.2) is 4.79 Å². The lowest BCUT2D eigenvalue weighted by molar-refractivity contribution is -0.301. The highest BCUT2D eigenvalue weighted by Crippen LogP contribution is 2.26. The maximum atomic E-state index is 13.2. The molecule has 1 aliphatic heterocycles. The Kier molecular flexibility index (Phi) is 49.2. The number of aliphatic carboxylic acids is 1. The second kappa shape index (κ2) is 53.1. The summed E-state index contributed by atoms with van der Waals surface area (Å²) in [5.74, 6) is -3.14. The summed E-state index contributed by atoms with van der Waals surface area (Å²) in [4.78, 5) is 51.2. The molecule has 77 heavy (non-hydrogen) atoms. The molecule has 0 aromatic carbocycles. The van der Waals surface area contributed by atoms with Gasteiger partial charge in [0.15, 0.2) is 24.6 Å². The van der Waals surface area contributed by atoms with Gasteiger partial charge in [-0.2, -0.15) is 0 Å². The SMILES string of the molecule is CCCCC/C=C\C/C=C\CCCCCCCCCCCC(=O)OCC(COC1OC(C(=O)O)C(O)C(O)C1OC(=O)CCCCCCC/C=C\CCCCCC)OC(=O)CCCCCCC/C=C\C/C=C\CCCCC. The number of carboxylic acids is 1. The lowest BCUT2D eigenvalue weighted by Crippen LogP contribution is -2.61. The number of carbonyl (C=O) groups excluding carboxylic acids is 3. The van der Waals surface area contributed by atoms with Gasteiger partial charge in [0, 0.05) is 19.3 Å². The monoisotopic (exact) mass is 1080 g/mol. The highest BCUT2D eigenvalue weighted by atomic mass is 16.7. The minimum Gasteiger partial charge on any atom is -0.479 e. The molecule has 12 heteroatoms. The van der Waals surface area contributed by atoms with Crippen LogP contribution in [0.5, 0.6) is 0 Å². The quantitative estimate of drug-likeness (QED) is 0.0228. The first-order chi connectivity index (χ1) is 37.6. The molecule has 1 rings (SSSR count). The maximum absolute atomic E-state index is 13.2. The Morgan fingerprint density at radius 3 is 1.21 bits per heavy atom. The number of unbranched alkanes of at least 4 members (excludes halogenated alkanes) is 29. The normalized spacial score (nSPS) is 18.4. The molecule has 6 atom stereocenters. The van der Waals surface area contributed by atoms with Gasteiger partial charge < -0.3 is 39.0 Å². The van der Waals surface area contributed by atoms with Crippen LogP contribution in [0, 0.1) is 0 Å². The Balaban J connectivity index is 2.67. The van der Waals surface area contributed by atoms with Gasteiger partial charge in [-0.3, -0.25) is 14.4 Å². The molecule has 0 saturated carbocycles. The zero-order chi connectivity index (χ0) is 56.1. The van der Waals surface area contributed by atoms with E-state index in [1.54, 1.807) is 0 Å². The van der Waals surface area contributed by atoms with Gasteiger partial charge in [-0.1, -0.05) is 210 Å². The third kappa shape index (κ3) is 43.0. The van der Waals surface area contributed by atoms with E-state index in [-0.39, 0.29) is 25.9 Å². The number of hydrogen-bond acceptors (Lipinski definition) is 11. The van der Waals surface area contributed by atoms with Crippen molar-refractivity contribution in [2.75, 3.05) is 13.2 Å². The molecule has 0 radical (unpaired) electrons. The number of ether oxygens (including phenoxy) is 5. The van der Waals surface area contributed by atoms with Gasteiger partial charge >= 0.3 is 23.9 Å². The van der Waals surface area contributed by atoms with Crippen molar-refractivity contribution < 1.29 is 58.2 Å². The number of hydrogen-bond donors (Lipinski definition) is 3. The Morgan fingerprint density at radius 2 is 0.779 bits per heavy atom. The average molecular weight is 1090 g/mol. The van der Waals surface area contributed by atoms with Crippen molar-refractivity contribution >= 4 is 23.9 Å². The smallest absolute Gasteiger partial charge is 0.335 e. The zero-order valence-corrected chi connectivity index (χ0v) is 49.0. The standard InChI is InChI=1S/C65H112O12/c1-4-7-10-13-16-19-22-25-27-28-29-30-32-34-36-39-42-45-48-51-57(66)73-54-56(75-58(67)52-49-46-43-40-38-35-31-26-23-20-17-14-11-8-5-2)55-74-65-63(61(70)60(69)62(77-65)64(71)72)76-59(68)53-50-47-44-41-37-33-24-21-18-15-12-9-6-3/h16-17,19-21,24-27,31,56,60-63,65,69-70H,4-15,18,22-23,28-30,32-55H2,1-3H3,(H,71,72)/b19-16-,20-17-,24-21-,27-25-,31-26-. The van der Waals surface area contributed by atoms with Gasteiger partial charge in [0.25, 0.3) is 0 Å². The summed E-state index contributed by atoms with van der Waals surface area (Å²) >= 11 is 0. The van der Waals surface area contributed by atoms with Crippen LogP contribution < -0.4 is 0 Å². The average Bonchev–Trinajstić information content (AvgIpc) is 3.42. The van der Waals surface area contributed by atoms with Crippen LogP contribution in [0.3, 0.4) is 0 Å². The number of carboxylic acid groups (broad SMARTS) is 1. The molecule has 0 bridgehead atoms. The summed E-state index contributed by atoms with van der Waals surface area (Å²) in [6.07, 6.45) is 53.2. The molecule has 444 valence electrons. The number of aliphatic hydroxyl groups is 2. The molecule has 0 spiro atoms. The predicted molar refractivity (Wildman–Crippen MR) is 312 cm³/mol. The van der Waals surface area contributed by atoms with Crippen molar-refractivity contribution in [3.8, 4) is 0 Å². The van der Waals surface area contributed by atoms with Gasteiger partial charge in [0.2, 0.25) is 0 Å². The van der Waals surface area contributed by atoms with E-state index in [1.165, 1.54) is 103 Å². The van der Waals surface area contributed by atoms with E-state index in [0.29, 0.717) is 19.3 Å². The van der Waals surface area contributed by atoms with Crippen molar-refractivity contribution in [2.45, 2.75) is 314 Å². The van der Waals surface area contributed by atoms with Gasteiger partial charge in [0.05, 0.1) is 6.61 Å². The second-order valence-electron chi connectivity index (χ2n) is 21.3. The van der Waals surface area contributed by atoms with Crippen molar-refractivity contribution in [3.05, 3.63) is 60.8 Å². The Bertz CT molecular complexity index is 1570. The molecule has 0 amide bonds. The van der Waals surface area contributed by atoms with Gasteiger partial charge in [-0.15, -0.1) is 0 Å². The fourth-order valence-corrected chi connectivity index (χ4v) is 9.19. The molecule has 0 aliphatic carbocycles. The third-order valence-corrected chi connectivity index (χ3v) is 14.0. The number of rotatable bonds is 53. The Hall–Kier alpha value is -3.58. The first-order valence-corrected chi connectivity index (χ1v) is 31.3. The van der Waals surface area contributed by atoms with Gasteiger partial charge in [0.1, 0.15) is 18.8 Å². The van der Waals surface area contributed by atoms with Crippen molar-refractivity contribution in [2.24, 2.45) is 0 Å². The molecule has 0 aromatic heterocycles. The zero-order valence-electron chi connectivity index (χ0n) is 49.0. The summed E-state index contributed by atoms with van der Waals surface area (Å²) in [5, 5.41) is 31.5. The van der Waals surface area contributed by atoms with E-state index in [9.17, 15) is 34.5 Å². The van der Waals surface area contributed by atoms with E-state index >= 15 is 0 Å². The molecule has 1 heterocycles. The minimum absolute atomic E-state index is 0.0483. The van der Waals surface area contributed by atoms with Crippen molar-refractivity contribution in [1.29, 1.82) is 0 Å². The van der Waals surface area contributed by atoms with Crippen molar-refractivity contribution in [3.63, 3.8) is 0 Å². The Morgan fingerprint density at radius 1 is 0.429 bits per heavy atom. The molecule has 1 saturated heterocycles. The third-order valence-electron chi connectivity index (χ3n) is 14.0. The highest BCUT2D eigenvalue weighted by Gasteiger charge is 2.50. The maximum Gasteiger partial charge on any atom is 0.335 e. The molecular formula is C65H112O12. The molecule has 6 unspecified atom stereocenters. The van der Waals surface area contributed by atoms with Crippen LogP contribution in [-0.4, -0.2) is 89.2 Å². The summed E-state index contributed by atoms with van der Waals surface area (Å²) in [6.45, 7) is 5.92. The van der Waals surface area contributed by atoms with Crippen LogP contribution in [-0.2, 0) is 42.9 Å². The van der Waals surface area contributed by atoms with E-state index in [4.69, 9.17) is 23.7 Å². The number of esters is 3. The van der Waals surface area contributed by atoms with Crippen LogP contribution in [0.2, 0.25) is 0 Å². The molecular weight excluding hydrogens is 973 g/mol. The molecule has 1 fully saturated rings. The minimum atomic E-state index is -1.91. The summed E-state index contributed by atoms with van der Waals surface area (Å²) in [7, 11) is 0. The van der Waals surface area contributed by atoms with E-state index < -0.39 is 67.3 Å². The van der Waals surface area contributed by atoms with Crippen LogP contribution in [0.4, 0.5) is 0 Å². The summed E-state index contributed by atoms with van der Waals surface area (Å²) in [6, 6.07) is 0. The number of allylic oxidation sites excluding steroid dienone is 10. The molecule has 3 N–H and O–H groups in total. The van der Waals surface area contributed by atoms with E-state index in [1.807, 2.05) is 0 Å². The van der Waals surface area contributed by atoms with Crippen LogP contribution in [0.15, 0.2) is 60.8 Å². The largest absolute Gasteiger partial charge is 0.479 e. The molecule has 1 aliphatic rings. The topological polar surface area (TPSA) is 175 Å². The van der Waals surface area contributed by atoms with E-state index in [0.717, 1.165) is 116 Å². The lowest BCUT2D eigenvalue weighted by Gasteiger charge is -2.40. The number of carbonyl (C=O) groups is 4. The Labute approximate surface area is 468 Å². The fraction of sp³-hybridized carbons (Fsp3) is 0.785. The van der Waals surface area contributed by atoms with E-state index in [2.05, 4.69) is 81.5 Å². The van der Waals surface area contributed by atoms with Gasteiger partial charge in [-0.05, 0) is 109 Å². The first kappa shape index (κ1) is 71.4. The summed E-state index contributed by atoms with van der Waals surface area (Å²) in [5.41, 5.74) is 0. The molecule has 0 aromatic rings. The molecule has 12 nitrogen and oxygen atoms in total. The predicted octanol–water partition coefficient (Wildman–Crippen LogP) is 16.3. The van der Waals surface area contributed by atoms with Crippen molar-refractivity contribution in [1.82, 2.24) is 0 Å². The fourth-order valence-electron chi connectivity index (χ4n) is 9.19. The number of aliphatic hydroxyl groups excluding tert-OH is 2. The van der Waals surface area contributed by atoms with Crippen LogP contribution in [0.1, 0.15) is 278 Å². The van der Waals surface area contributed by atoms with Crippen LogP contribution in [0.25, 0.3) is 0 Å². The first-order valence-electron chi connectivity index (χ1n) is 31.3. The second-order valence-corrected chi connectivity index (χ2v) is 21.3.